The van der Waals surface area contributed by atoms with Gasteiger partial charge in [0.2, 0.25) is 6.10 Å². The van der Waals surface area contributed by atoms with Crippen molar-refractivity contribution in [1.29, 1.82) is 5.26 Å². The maximum Gasteiger partial charge on any atom is 0.352 e. The second kappa shape index (κ2) is 11.0. The van der Waals surface area contributed by atoms with E-state index in [0.29, 0.717) is 12.0 Å². The first-order valence-electron chi connectivity index (χ1n) is 8.07. The van der Waals surface area contributed by atoms with E-state index in [-0.39, 0.29) is 0 Å². The highest BCUT2D eigenvalue weighted by atomic mass is 16.6. The SMILES string of the molecule is CCCCC[C@@H](/C=C/C#N)OC(=O)[C@@H](OC(C)=O)c1ccccc1. The van der Waals surface area contributed by atoms with Gasteiger partial charge in [0, 0.05) is 18.6 Å². The number of nitrogens with zero attached hydrogens (tertiary/aromatic N) is 1. The number of nitriles is 1. The molecule has 0 heterocycles. The lowest BCUT2D eigenvalue weighted by Gasteiger charge is -2.20. The molecule has 1 aromatic carbocycles. The van der Waals surface area contributed by atoms with E-state index in [1.807, 2.05) is 12.1 Å². The van der Waals surface area contributed by atoms with E-state index in [9.17, 15) is 9.59 Å². The Hall–Kier alpha value is -2.61. The second-order valence-electron chi connectivity index (χ2n) is 5.36. The summed E-state index contributed by atoms with van der Waals surface area (Å²) in [4.78, 5) is 23.8. The fourth-order valence-electron chi connectivity index (χ4n) is 2.20. The summed E-state index contributed by atoms with van der Waals surface area (Å²) >= 11 is 0. The number of hydrogen-bond donors (Lipinski definition) is 0. The second-order valence-corrected chi connectivity index (χ2v) is 5.36. The Labute approximate surface area is 142 Å². The van der Waals surface area contributed by atoms with Gasteiger partial charge in [-0.3, -0.25) is 4.79 Å². The van der Waals surface area contributed by atoms with Crippen LogP contribution < -0.4 is 0 Å². The van der Waals surface area contributed by atoms with E-state index >= 15 is 0 Å². The molecular weight excluding hydrogens is 306 g/mol. The summed E-state index contributed by atoms with van der Waals surface area (Å²) in [5.74, 6) is -1.20. The molecule has 0 amide bonds. The highest BCUT2D eigenvalue weighted by Crippen LogP contribution is 2.21. The molecule has 24 heavy (non-hydrogen) atoms. The van der Waals surface area contributed by atoms with Gasteiger partial charge in [0.15, 0.2) is 0 Å². The zero-order valence-electron chi connectivity index (χ0n) is 14.1. The van der Waals surface area contributed by atoms with Gasteiger partial charge in [-0.2, -0.15) is 5.26 Å². The number of unbranched alkanes of at least 4 members (excludes halogenated alkanes) is 2. The predicted octanol–water partition coefficient (Wildman–Crippen LogP) is 3.86. The van der Waals surface area contributed by atoms with Crippen LogP contribution in [-0.4, -0.2) is 18.0 Å². The Bertz CT molecular complexity index is 589. The van der Waals surface area contributed by atoms with E-state index in [1.54, 1.807) is 30.3 Å². The molecule has 0 saturated heterocycles. The molecule has 0 aliphatic carbocycles. The number of esters is 2. The van der Waals surface area contributed by atoms with Gasteiger partial charge < -0.3 is 9.47 Å². The number of hydrogen-bond acceptors (Lipinski definition) is 5. The first kappa shape index (κ1) is 19.4. The summed E-state index contributed by atoms with van der Waals surface area (Å²) in [7, 11) is 0. The van der Waals surface area contributed by atoms with Crippen LogP contribution in [0.3, 0.4) is 0 Å². The average Bonchev–Trinajstić information content (AvgIpc) is 2.58. The highest BCUT2D eigenvalue weighted by molar-refractivity contribution is 5.80. The van der Waals surface area contributed by atoms with Gasteiger partial charge in [-0.1, -0.05) is 50.1 Å². The van der Waals surface area contributed by atoms with Gasteiger partial charge in [0.1, 0.15) is 6.10 Å². The molecule has 0 unspecified atom stereocenters. The average molecular weight is 329 g/mol. The van der Waals surface area contributed by atoms with Crippen molar-refractivity contribution in [3.8, 4) is 6.07 Å². The molecule has 128 valence electrons. The number of carbonyl (C=O) groups excluding carboxylic acids is 2. The van der Waals surface area contributed by atoms with Crippen molar-refractivity contribution in [2.45, 2.75) is 51.7 Å². The number of ether oxygens (including phenoxy) is 2. The summed E-state index contributed by atoms with van der Waals surface area (Å²) in [5, 5.41) is 8.68. The van der Waals surface area contributed by atoms with E-state index in [0.717, 1.165) is 19.3 Å². The van der Waals surface area contributed by atoms with Gasteiger partial charge in [-0.25, -0.2) is 4.79 Å². The van der Waals surface area contributed by atoms with Crippen molar-refractivity contribution >= 4 is 11.9 Å². The normalized spacial score (nSPS) is 13.0. The van der Waals surface area contributed by atoms with Gasteiger partial charge in [-0.05, 0) is 18.9 Å². The molecule has 0 radical (unpaired) electrons. The third-order valence-corrected chi connectivity index (χ3v) is 3.35. The molecule has 0 aromatic heterocycles. The third kappa shape index (κ3) is 7.10. The van der Waals surface area contributed by atoms with E-state index < -0.39 is 24.1 Å². The minimum atomic E-state index is -1.10. The molecule has 0 saturated carbocycles. The lowest BCUT2D eigenvalue weighted by Crippen LogP contribution is -2.25. The van der Waals surface area contributed by atoms with E-state index in [4.69, 9.17) is 14.7 Å². The molecule has 1 aromatic rings. The van der Waals surface area contributed by atoms with E-state index in [2.05, 4.69) is 6.92 Å². The van der Waals surface area contributed by atoms with Crippen LogP contribution in [0, 0.1) is 11.3 Å². The van der Waals surface area contributed by atoms with Crippen LogP contribution in [-0.2, 0) is 19.1 Å². The van der Waals surface area contributed by atoms with Crippen molar-refractivity contribution in [3.05, 3.63) is 48.0 Å². The molecule has 0 aliphatic rings. The standard InChI is InChI=1S/C19H23NO4/c1-3-4-6-12-17(13-9-14-20)24-19(22)18(23-15(2)21)16-10-7-5-8-11-16/h5,7-11,13,17-18H,3-4,6,12H2,1-2H3/b13-9+/t17-,18-/m0/s1. The van der Waals surface area contributed by atoms with Gasteiger partial charge >= 0.3 is 11.9 Å². The number of benzene rings is 1. The van der Waals surface area contributed by atoms with Crippen LogP contribution >= 0.6 is 0 Å². The fourth-order valence-corrected chi connectivity index (χ4v) is 2.20. The van der Waals surface area contributed by atoms with Crippen LogP contribution in [0.2, 0.25) is 0 Å². The summed E-state index contributed by atoms with van der Waals surface area (Å²) in [6.45, 7) is 3.33. The van der Waals surface area contributed by atoms with Crippen LogP contribution in [0.4, 0.5) is 0 Å². The molecule has 0 N–H and O–H groups in total. The van der Waals surface area contributed by atoms with Gasteiger partial charge in [-0.15, -0.1) is 0 Å². The lowest BCUT2D eigenvalue weighted by molar-refractivity contribution is -0.169. The van der Waals surface area contributed by atoms with Crippen molar-refractivity contribution in [2.24, 2.45) is 0 Å². The van der Waals surface area contributed by atoms with Gasteiger partial charge in [0.25, 0.3) is 0 Å². The minimum absolute atomic E-state index is 0.509. The molecule has 0 bridgehead atoms. The van der Waals surface area contributed by atoms with Crippen molar-refractivity contribution in [2.75, 3.05) is 0 Å². The monoisotopic (exact) mass is 329 g/mol. The molecule has 5 heteroatoms. The number of rotatable bonds is 9. The lowest BCUT2D eigenvalue weighted by atomic mass is 10.1. The minimum Gasteiger partial charge on any atom is -0.455 e. The maximum atomic E-state index is 12.5. The summed E-state index contributed by atoms with van der Waals surface area (Å²) in [6.07, 6.45) is 4.81. The van der Waals surface area contributed by atoms with Crippen LogP contribution in [0.5, 0.6) is 0 Å². The Morgan fingerprint density at radius 2 is 1.92 bits per heavy atom. The smallest absolute Gasteiger partial charge is 0.352 e. The fraction of sp³-hybridized carbons (Fsp3) is 0.421. The Morgan fingerprint density at radius 3 is 2.50 bits per heavy atom. The first-order valence-corrected chi connectivity index (χ1v) is 8.07. The van der Waals surface area contributed by atoms with Crippen LogP contribution in [0.25, 0.3) is 0 Å². The summed E-state index contributed by atoms with van der Waals surface area (Å²) < 4.78 is 10.6. The first-order chi connectivity index (χ1) is 11.6. The van der Waals surface area contributed by atoms with Crippen molar-refractivity contribution < 1.29 is 19.1 Å². The Balaban J connectivity index is 2.84. The maximum absolute atomic E-state index is 12.5. The zero-order chi connectivity index (χ0) is 17.8. The highest BCUT2D eigenvalue weighted by Gasteiger charge is 2.27. The summed E-state index contributed by atoms with van der Waals surface area (Å²) in [5.41, 5.74) is 0.550. The molecule has 0 aliphatic heterocycles. The Morgan fingerprint density at radius 1 is 1.21 bits per heavy atom. The molecule has 2 atom stereocenters. The van der Waals surface area contributed by atoms with E-state index in [1.165, 1.54) is 13.0 Å². The van der Waals surface area contributed by atoms with Crippen molar-refractivity contribution in [3.63, 3.8) is 0 Å². The van der Waals surface area contributed by atoms with Crippen LogP contribution in [0.1, 0.15) is 51.2 Å². The zero-order valence-corrected chi connectivity index (χ0v) is 14.1. The van der Waals surface area contributed by atoms with Crippen LogP contribution in [0.15, 0.2) is 42.5 Å². The molecule has 0 fully saturated rings. The predicted molar refractivity (Wildman–Crippen MR) is 89.7 cm³/mol. The quantitative estimate of drug-likeness (QED) is 0.390. The largest absolute Gasteiger partial charge is 0.455 e. The number of carbonyl (C=O) groups is 2. The Kier molecular flexibility index (Phi) is 8.91. The third-order valence-electron chi connectivity index (χ3n) is 3.35. The topological polar surface area (TPSA) is 76.4 Å². The van der Waals surface area contributed by atoms with Gasteiger partial charge in [0.05, 0.1) is 6.07 Å². The molecular formula is C19H23NO4. The molecule has 1 rings (SSSR count). The molecule has 5 nitrogen and oxygen atoms in total. The number of allylic oxidation sites excluding steroid dienone is 1. The summed E-state index contributed by atoms with van der Waals surface area (Å²) in [6, 6.07) is 10.6. The molecule has 0 spiro atoms. The van der Waals surface area contributed by atoms with Crippen molar-refractivity contribution in [1.82, 2.24) is 0 Å².